The van der Waals surface area contributed by atoms with Crippen molar-refractivity contribution < 1.29 is 31.7 Å². The number of ketones is 1. The number of carbonyl (C=O) groups excluding carboxylic acids is 2. The van der Waals surface area contributed by atoms with Crippen LogP contribution in [0.4, 0.5) is 11.4 Å². The van der Waals surface area contributed by atoms with E-state index in [2.05, 4.69) is 168 Å². The summed E-state index contributed by atoms with van der Waals surface area (Å²) in [7, 11) is -8.48. The minimum absolute atomic E-state index is 0.0000518. The van der Waals surface area contributed by atoms with Crippen molar-refractivity contribution in [3.05, 3.63) is 137 Å². The molecule has 5 rings (SSSR count). The van der Waals surface area contributed by atoms with Gasteiger partial charge in [-0.2, -0.15) is 0 Å². The lowest BCUT2D eigenvalue weighted by Crippen LogP contribution is -2.48. The van der Waals surface area contributed by atoms with E-state index in [-0.39, 0.29) is 50.4 Å². The van der Waals surface area contributed by atoms with Gasteiger partial charge in [0.05, 0.1) is 63.8 Å². The Bertz CT molecular complexity index is 3290. The smallest absolute Gasteiger partial charge is 0.250 e. The number of amides is 1. The molecule has 1 aromatic heterocycles. The van der Waals surface area contributed by atoms with Crippen molar-refractivity contribution in [3.63, 3.8) is 0 Å². The van der Waals surface area contributed by atoms with Gasteiger partial charge < -0.3 is 27.4 Å². The van der Waals surface area contributed by atoms with Gasteiger partial charge in [0.25, 0.3) is 16.6 Å². The molecule has 0 radical (unpaired) electrons. The molecule has 5 aromatic rings. The summed E-state index contributed by atoms with van der Waals surface area (Å²) in [4.78, 5) is 33.9. The molecule has 0 bridgehead atoms. The Hall–Kier alpha value is -4.31. The zero-order chi connectivity index (χ0) is 67.0. The molecule has 1 heterocycles. The maximum Gasteiger partial charge on any atom is 0.250 e. The van der Waals surface area contributed by atoms with Crippen LogP contribution < -0.4 is 14.2 Å². The second-order valence-corrected chi connectivity index (χ2v) is 49.0. The number of nitrogens with zero attached hydrogens (tertiary/aromatic N) is 4. The standard InChI is InChI=1S/C33H48Cl2N2O4Si2.C32H45Cl2N3O3Si2.C2H6/c1-21-23(14-16-27(36-9)30(21)35)18-25(22(2)40-42(10,11)32(3,4)5)31(39)37-20-28(38)24-15-17-29(26(34)19-24)41-43(12,13)33(6,7)8;1-20-22(14-16-26(35-9)28(20)34)18-24(21(2)39-41(10,11)31(3,4)5)30-37-36-29(38-30)23-15-17-27(25(33)19-23)40-42(12,13)32(6,7)8;1-2/h14-17,19,22,25H,18,20H2,1-8,10-13H3,(H,37,39);14-17,19,21,24H,18H2,1-8,10-13H3;1-2H3/t22-,25+;21-,24+;/m00./s1. The van der Waals surface area contributed by atoms with E-state index in [1.54, 1.807) is 30.3 Å². The lowest BCUT2D eigenvalue weighted by atomic mass is 9.91. The molecule has 12 nitrogen and oxygen atoms in total. The predicted molar refractivity (Wildman–Crippen MR) is 375 cm³/mol. The lowest BCUT2D eigenvalue weighted by molar-refractivity contribution is -0.127. The van der Waals surface area contributed by atoms with Crippen molar-refractivity contribution in [2.45, 2.75) is 228 Å². The molecular weight excluding hydrogens is 1240 g/mol. The first-order chi connectivity index (χ1) is 39.7. The topological polar surface area (TPSA) is 131 Å². The summed E-state index contributed by atoms with van der Waals surface area (Å²) in [6.07, 6.45) is 0.296. The molecule has 87 heavy (non-hydrogen) atoms. The van der Waals surface area contributed by atoms with Crippen LogP contribution in [-0.2, 0) is 26.5 Å². The van der Waals surface area contributed by atoms with Gasteiger partial charge in [-0.15, -0.1) is 10.2 Å². The number of halogens is 4. The first kappa shape index (κ1) is 76.9. The third-order valence-electron chi connectivity index (χ3n) is 18.1. The van der Waals surface area contributed by atoms with Crippen LogP contribution in [0.2, 0.25) is 92.6 Å². The van der Waals surface area contributed by atoms with Crippen molar-refractivity contribution in [2.75, 3.05) is 6.54 Å². The van der Waals surface area contributed by atoms with Crippen LogP contribution in [0.15, 0.2) is 65.1 Å². The first-order valence-corrected chi connectivity index (χ1v) is 43.1. The van der Waals surface area contributed by atoms with Crippen molar-refractivity contribution in [1.29, 1.82) is 0 Å². The highest BCUT2D eigenvalue weighted by Crippen LogP contribution is 2.45. The molecule has 1 amide bonds. The Kier molecular flexibility index (Phi) is 26.7. The van der Waals surface area contributed by atoms with E-state index in [0.29, 0.717) is 73.2 Å². The Balaban J connectivity index is 0.000000443. The number of benzene rings is 4. The predicted octanol–water partition coefficient (Wildman–Crippen LogP) is 21.9. The second-order valence-electron chi connectivity index (χ2n) is 28.5. The van der Waals surface area contributed by atoms with Crippen molar-refractivity contribution in [2.24, 2.45) is 5.92 Å². The van der Waals surface area contributed by atoms with Crippen molar-refractivity contribution >= 4 is 103 Å². The molecule has 0 unspecified atom stereocenters. The van der Waals surface area contributed by atoms with Crippen molar-refractivity contribution in [1.82, 2.24) is 15.5 Å². The highest BCUT2D eigenvalue weighted by molar-refractivity contribution is 6.76. The third kappa shape index (κ3) is 19.8. The van der Waals surface area contributed by atoms with Crippen LogP contribution in [0.1, 0.15) is 155 Å². The molecular formula is C67H99Cl4N5O7Si4. The van der Waals surface area contributed by atoms with Gasteiger partial charge in [0.2, 0.25) is 29.1 Å². The SMILES string of the molecule is CC.[C-]#[N+]c1ccc(C[C@@H](C(=O)NCC(=O)c2ccc(O[Si](C)(C)C(C)(C)C)c(Cl)c2)[C@H](C)O[Si](C)(C)C(C)(C)C)c(C)c1Cl.[C-]#[N+]c1ccc(C[C@@H](c2nnc(-c3ccc(O[Si](C)(C)C(C)(C)C)c(Cl)c3)o2)[C@H](C)O[Si](C)(C)C(C)(C)C)c(C)c1Cl. The average molecular weight is 1340 g/mol. The minimum atomic E-state index is -2.21. The fourth-order valence-corrected chi connectivity index (χ4v) is 14.1. The van der Waals surface area contributed by atoms with Crippen LogP contribution in [0.25, 0.3) is 21.1 Å². The lowest BCUT2D eigenvalue weighted by Gasteiger charge is -2.40. The van der Waals surface area contributed by atoms with Crippen molar-refractivity contribution in [3.8, 4) is 23.0 Å². The Labute approximate surface area is 547 Å². The number of nitrogens with one attached hydrogen (secondary N) is 1. The third-order valence-corrected chi connectivity index (χ3v) is 37.5. The van der Waals surface area contributed by atoms with Crippen LogP contribution in [0, 0.1) is 32.9 Å². The maximum atomic E-state index is 13.7. The quantitative estimate of drug-likeness (QED) is 0.0460. The van der Waals surface area contributed by atoms with Crippen LogP contribution in [0.5, 0.6) is 11.5 Å². The van der Waals surface area contributed by atoms with E-state index in [4.69, 9.17) is 81.7 Å². The molecule has 0 saturated heterocycles. The summed E-state index contributed by atoms with van der Waals surface area (Å²) < 4.78 is 32.6. The van der Waals surface area contributed by atoms with E-state index >= 15 is 0 Å². The van der Waals surface area contributed by atoms with E-state index < -0.39 is 45.3 Å². The summed E-state index contributed by atoms with van der Waals surface area (Å²) in [6, 6.07) is 17.9. The molecule has 0 fully saturated rings. The largest absolute Gasteiger partial charge is 0.543 e. The summed E-state index contributed by atoms with van der Waals surface area (Å²) in [6.45, 7) is 70.0. The molecule has 478 valence electrons. The highest BCUT2D eigenvalue weighted by Gasteiger charge is 2.44. The molecule has 4 aromatic carbocycles. The second kappa shape index (κ2) is 30.2. The van der Waals surface area contributed by atoms with Gasteiger partial charge >= 0.3 is 0 Å². The van der Waals surface area contributed by atoms with E-state index in [9.17, 15) is 9.59 Å². The van der Waals surface area contributed by atoms with Crippen LogP contribution in [-0.4, -0.2) is 73.9 Å². The van der Waals surface area contributed by atoms with Gasteiger partial charge in [-0.1, -0.05) is 168 Å². The number of carbonyl (C=O) groups is 2. The summed E-state index contributed by atoms with van der Waals surface area (Å²) in [5.41, 5.74) is 5.44. The van der Waals surface area contributed by atoms with Crippen LogP contribution in [0.3, 0.4) is 0 Å². The number of Topliss-reactive ketones (excluding diaryl/α,β-unsaturated/α-hetero) is 1. The molecule has 1 N–H and O–H groups in total. The number of hydrogen-bond acceptors (Lipinski definition) is 9. The molecule has 0 aliphatic rings. The summed E-state index contributed by atoms with van der Waals surface area (Å²) in [5, 5.41) is 13.5. The van der Waals surface area contributed by atoms with Gasteiger partial charge in [-0.3, -0.25) is 9.59 Å². The number of hydrogen-bond donors (Lipinski definition) is 1. The first-order valence-electron chi connectivity index (χ1n) is 30.0. The van der Waals surface area contributed by atoms with E-state index in [1.807, 2.05) is 65.0 Å². The zero-order valence-electron chi connectivity index (χ0n) is 56.9. The molecule has 4 atom stereocenters. The molecule has 0 spiro atoms. The number of rotatable bonds is 20. The molecule has 0 aliphatic carbocycles. The fraction of sp³-hybridized carbons (Fsp3) is 0.552. The normalized spacial score (nSPS) is 14.0. The molecule has 20 heteroatoms. The minimum Gasteiger partial charge on any atom is -0.543 e. The number of aromatic nitrogens is 2. The Morgan fingerprint density at radius 1 is 0.586 bits per heavy atom. The molecule has 0 aliphatic heterocycles. The highest BCUT2D eigenvalue weighted by atomic mass is 35.5. The molecule has 0 saturated carbocycles. The summed E-state index contributed by atoms with van der Waals surface area (Å²) >= 11 is 26.2. The van der Waals surface area contributed by atoms with E-state index in [1.165, 1.54) is 0 Å². The van der Waals surface area contributed by atoms with Crippen LogP contribution >= 0.6 is 46.4 Å². The van der Waals surface area contributed by atoms with Gasteiger partial charge in [-0.25, -0.2) is 9.69 Å². The van der Waals surface area contributed by atoms with Gasteiger partial charge in [0.1, 0.15) is 11.5 Å². The van der Waals surface area contributed by atoms with E-state index in [0.717, 1.165) is 27.8 Å². The monoisotopic (exact) mass is 1340 g/mol. The fourth-order valence-electron chi connectivity index (χ4n) is 8.11. The van der Waals surface area contributed by atoms with Gasteiger partial charge in [0.15, 0.2) is 22.4 Å². The van der Waals surface area contributed by atoms with Gasteiger partial charge in [0, 0.05) is 11.1 Å². The zero-order valence-corrected chi connectivity index (χ0v) is 63.9. The average Bonchev–Trinajstić information content (AvgIpc) is 2.31. The Morgan fingerprint density at radius 2 is 1.00 bits per heavy atom. The summed E-state index contributed by atoms with van der Waals surface area (Å²) in [5.74, 6) is 0.733. The maximum absolute atomic E-state index is 13.7. The Morgan fingerprint density at radius 3 is 1.41 bits per heavy atom. The van der Waals surface area contributed by atoms with Gasteiger partial charge in [-0.05, 0) is 172 Å².